The largest absolute Gasteiger partial charge is 0.573 e. The predicted octanol–water partition coefficient (Wildman–Crippen LogP) is 8.47. The fourth-order valence-corrected chi connectivity index (χ4v) is 6.94. The summed E-state index contributed by atoms with van der Waals surface area (Å²) in [5, 5.41) is 0.190. The maximum Gasteiger partial charge on any atom is 0.573 e. The van der Waals surface area contributed by atoms with Gasteiger partial charge in [0.25, 0.3) is 5.56 Å². The highest BCUT2D eigenvalue weighted by Gasteiger charge is 2.38. The molecular weight excluding hydrogens is 621 g/mol. The predicted molar refractivity (Wildman–Crippen MR) is 150 cm³/mol. The molecule has 0 aliphatic carbocycles. The highest BCUT2D eigenvalue weighted by molar-refractivity contribution is 7.99. The zero-order valence-electron chi connectivity index (χ0n) is 22.2. The first kappa shape index (κ1) is 31.0. The standard InChI is InChI=1S/C30H22ClF7N2O2S/c1-15-18(13-19-21(29(33,34)35)8-5-9-23(19)32)28-40(24(14-43-28)26(39)16-6-3-2-4-7-16)27(41)25(15)20-12-17(10-11-22(20)31)42-30(36,37)38/h2-12,24,26H,13-14,39H2,1H3/t24-,26?/m1/s1. The minimum atomic E-state index is -5.04. The maximum atomic E-state index is 15.0. The molecule has 0 saturated heterocycles. The second-order valence-electron chi connectivity index (χ2n) is 9.90. The molecule has 4 nitrogen and oxygen atoms in total. The van der Waals surface area contributed by atoms with E-state index in [0.717, 1.165) is 36.4 Å². The van der Waals surface area contributed by atoms with Crippen molar-refractivity contribution < 1.29 is 35.5 Å². The van der Waals surface area contributed by atoms with Crippen LogP contribution in [-0.2, 0) is 12.6 Å². The van der Waals surface area contributed by atoms with Gasteiger partial charge in [0.1, 0.15) is 11.6 Å². The summed E-state index contributed by atoms with van der Waals surface area (Å²) in [5.41, 5.74) is 4.84. The van der Waals surface area contributed by atoms with Crippen LogP contribution < -0.4 is 16.0 Å². The van der Waals surface area contributed by atoms with E-state index in [4.69, 9.17) is 17.3 Å². The molecule has 226 valence electrons. The summed E-state index contributed by atoms with van der Waals surface area (Å²) in [5.74, 6) is -1.49. The van der Waals surface area contributed by atoms with Gasteiger partial charge in [-0.05, 0) is 53.9 Å². The van der Waals surface area contributed by atoms with Gasteiger partial charge in [0.05, 0.1) is 28.2 Å². The Labute approximate surface area is 250 Å². The number of rotatable bonds is 6. The molecule has 1 unspecified atom stereocenters. The molecule has 2 heterocycles. The van der Waals surface area contributed by atoms with Crippen molar-refractivity contribution in [3.8, 4) is 16.9 Å². The molecule has 1 aromatic heterocycles. The fraction of sp³-hybridized carbons (Fsp3) is 0.233. The van der Waals surface area contributed by atoms with Crippen molar-refractivity contribution in [3.05, 3.63) is 116 Å². The molecule has 13 heteroatoms. The van der Waals surface area contributed by atoms with Crippen LogP contribution in [0.3, 0.4) is 0 Å². The van der Waals surface area contributed by atoms with E-state index in [1.807, 2.05) is 0 Å². The number of alkyl halides is 6. The number of nitrogens with two attached hydrogens (primary N) is 1. The lowest BCUT2D eigenvalue weighted by Crippen LogP contribution is -2.33. The first-order valence-corrected chi connectivity index (χ1v) is 14.1. The Kier molecular flexibility index (Phi) is 8.32. The number of fused-ring (bicyclic) bond motifs is 1. The van der Waals surface area contributed by atoms with Crippen molar-refractivity contribution in [2.75, 3.05) is 5.75 Å². The number of aromatic nitrogens is 1. The monoisotopic (exact) mass is 642 g/mol. The molecule has 43 heavy (non-hydrogen) atoms. The van der Waals surface area contributed by atoms with Crippen molar-refractivity contribution in [2.24, 2.45) is 5.73 Å². The van der Waals surface area contributed by atoms with Crippen molar-refractivity contribution in [1.29, 1.82) is 0 Å². The molecule has 1 aliphatic heterocycles. The van der Waals surface area contributed by atoms with Crippen LogP contribution in [0.1, 0.15) is 39.9 Å². The third kappa shape index (κ3) is 6.13. The van der Waals surface area contributed by atoms with E-state index >= 15 is 4.39 Å². The molecule has 5 rings (SSSR count). The second-order valence-corrected chi connectivity index (χ2v) is 11.3. The quantitative estimate of drug-likeness (QED) is 0.214. The SMILES string of the molecule is Cc1c(Cc2c(F)cccc2C(F)(F)F)c2n(c(=O)c1-c1cc(OC(F)(F)F)ccc1Cl)[C@@H](C(N)c1ccccc1)CS2. The highest BCUT2D eigenvalue weighted by Crippen LogP contribution is 2.45. The highest BCUT2D eigenvalue weighted by atomic mass is 35.5. The average molecular weight is 643 g/mol. The molecule has 0 fully saturated rings. The lowest BCUT2D eigenvalue weighted by molar-refractivity contribution is -0.274. The number of hydrogen-bond acceptors (Lipinski definition) is 4. The number of thioether (sulfide) groups is 1. The normalized spacial score (nSPS) is 15.8. The molecule has 3 aromatic carbocycles. The van der Waals surface area contributed by atoms with Crippen LogP contribution in [0.2, 0.25) is 5.02 Å². The summed E-state index contributed by atoms with van der Waals surface area (Å²) in [7, 11) is 0. The summed E-state index contributed by atoms with van der Waals surface area (Å²) in [4.78, 5) is 14.2. The van der Waals surface area contributed by atoms with Crippen LogP contribution in [0, 0.1) is 12.7 Å². The lowest BCUT2D eigenvalue weighted by Gasteiger charge is -2.25. The number of benzene rings is 3. The van der Waals surface area contributed by atoms with Gasteiger partial charge in [-0.1, -0.05) is 48.0 Å². The van der Waals surface area contributed by atoms with Crippen LogP contribution in [0.25, 0.3) is 11.1 Å². The van der Waals surface area contributed by atoms with E-state index < -0.39 is 59.3 Å². The van der Waals surface area contributed by atoms with E-state index in [0.29, 0.717) is 5.56 Å². The van der Waals surface area contributed by atoms with Gasteiger partial charge >= 0.3 is 12.5 Å². The minimum Gasteiger partial charge on any atom is -0.406 e. The van der Waals surface area contributed by atoms with Crippen LogP contribution in [-0.4, -0.2) is 16.7 Å². The van der Waals surface area contributed by atoms with E-state index in [9.17, 15) is 31.1 Å². The van der Waals surface area contributed by atoms with Gasteiger partial charge in [0, 0.05) is 28.3 Å². The van der Waals surface area contributed by atoms with Crippen LogP contribution in [0.15, 0.2) is 76.6 Å². The first-order valence-electron chi connectivity index (χ1n) is 12.8. The van der Waals surface area contributed by atoms with Crippen molar-refractivity contribution in [3.63, 3.8) is 0 Å². The number of halogens is 8. The van der Waals surface area contributed by atoms with Crippen LogP contribution >= 0.6 is 23.4 Å². The Morgan fingerprint density at radius 2 is 1.72 bits per heavy atom. The zero-order valence-corrected chi connectivity index (χ0v) is 23.8. The van der Waals surface area contributed by atoms with Crippen molar-refractivity contribution in [2.45, 2.75) is 43.0 Å². The number of hydrogen-bond donors (Lipinski definition) is 1. The van der Waals surface area contributed by atoms with E-state index in [1.165, 1.54) is 23.3 Å². The Hall–Kier alpha value is -3.48. The van der Waals surface area contributed by atoms with E-state index in [1.54, 1.807) is 30.3 Å². The van der Waals surface area contributed by atoms with Crippen molar-refractivity contribution in [1.82, 2.24) is 4.57 Å². The van der Waals surface area contributed by atoms with Gasteiger partial charge in [0.15, 0.2) is 0 Å². The summed E-state index contributed by atoms with van der Waals surface area (Å²) in [6.07, 6.45) is -10.5. The summed E-state index contributed by atoms with van der Waals surface area (Å²) in [6, 6.07) is 13.1. The molecule has 0 saturated carbocycles. The molecule has 0 spiro atoms. The van der Waals surface area contributed by atoms with E-state index in [-0.39, 0.29) is 38.1 Å². The summed E-state index contributed by atoms with van der Waals surface area (Å²) in [6.45, 7) is 1.44. The van der Waals surface area contributed by atoms with Gasteiger partial charge in [-0.15, -0.1) is 24.9 Å². The minimum absolute atomic E-state index is 0.0994. The molecule has 4 aromatic rings. The molecule has 0 radical (unpaired) electrons. The average Bonchev–Trinajstić information content (AvgIpc) is 3.37. The van der Waals surface area contributed by atoms with Gasteiger partial charge in [0.2, 0.25) is 0 Å². The Balaban J connectivity index is 1.78. The number of pyridine rings is 1. The topological polar surface area (TPSA) is 57.2 Å². The molecule has 0 amide bonds. The van der Waals surface area contributed by atoms with Crippen molar-refractivity contribution >= 4 is 23.4 Å². The molecule has 1 aliphatic rings. The molecular formula is C30H22ClF7N2O2S. The van der Waals surface area contributed by atoms with Crippen LogP contribution in [0.4, 0.5) is 30.7 Å². The first-order chi connectivity index (χ1) is 20.2. The molecule has 0 bridgehead atoms. The Morgan fingerprint density at radius 3 is 2.37 bits per heavy atom. The zero-order chi connectivity index (χ0) is 31.3. The second kappa shape index (κ2) is 11.5. The van der Waals surface area contributed by atoms with Crippen LogP contribution in [0.5, 0.6) is 5.75 Å². The summed E-state index contributed by atoms with van der Waals surface area (Å²) >= 11 is 7.58. The Bertz CT molecular complexity index is 1740. The maximum absolute atomic E-state index is 15.0. The summed E-state index contributed by atoms with van der Waals surface area (Å²) < 4.78 is 101. The van der Waals surface area contributed by atoms with Gasteiger partial charge in [-0.3, -0.25) is 9.36 Å². The number of nitrogens with zero attached hydrogens (tertiary/aromatic N) is 1. The third-order valence-corrected chi connectivity index (χ3v) is 8.83. The smallest absolute Gasteiger partial charge is 0.406 e. The van der Waals surface area contributed by atoms with E-state index in [2.05, 4.69) is 4.74 Å². The molecule has 2 N–H and O–H groups in total. The Morgan fingerprint density at radius 1 is 1.02 bits per heavy atom. The van der Waals surface area contributed by atoms with Gasteiger partial charge in [-0.25, -0.2) is 4.39 Å². The number of ether oxygens (including phenoxy) is 1. The fourth-order valence-electron chi connectivity index (χ4n) is 5.29. The lowest BCUT2D eigenvalue weighted by atomic mass is 9.92. The van der Waals surface area contributed by atoms with Gasteiger partial charge in [-0.2, -0.15) is 13.2 Å². The van der Waals surface area contributed by atoms with Gasteiger partial charge < -0.3 is 10.5 Å². The third-order valence-electron chi connectivity index (χ3n) is 7.28. The molecule has 2 atom stereocenters.